The fourth-order valence-electron chi connectivity index (χ4n) is 1.86. The number of amides is 1. The first-order chi connectivity index (χ1) is 10.5. The summed E-state index contributed by atoms with van der Waals surface area (Å²) < 4.78 is 15.4. The number of hydrogen-bond donors (Lipinski definition) is 1. The summed E-state index contributed by atoms with van der Waals surface area (Å²) in [5.41, 5.74) is 0.752. The highest BCUT2D eigenvalue weighted by Gasteiger charge is 2.10. The number of nitrogens with one attached hydrogen (secondary N) is 1. The van der Waals surface area contributed by atoms with Crippen LogP contribution in [0.3, 0.4) is 0 Å². The summed E-state index contributed by atoms with van der Waals surface area (Å²) in [6.45, 7) is 2.54. The Bertz CT molecular complexity index is 531. The van der Waals surface area contributed by atoms with Gasteiger partial charge in [-0.2, -0.15) is 0 Å². The quantitative estimate of drug-likeness (QED) is 0.746. The number of carbonyl (C=O) groups excluding carboxylic acids is 1. The average molecular weight is 328 g/mol. The molecule has 6 heteroatoms. The second kappa shape index (κ2) is 9.33. The molecule has 1 N–H and O–H groups in total. The Morgan fingerprint density at radius 2 is 2.05 bits per heavy atom. The second-order valence-electron chi connectivity index (χ2n) is 4.76. The van der Waals surface area contributed by atoms with E-state index in [1.807, 2.05) is 6.92 Å². The van der Waals surface area contributed by atoms with Crippen LogP contribution >= 0.6 is 11.6 Å². The van der Waals surface area contributed by atoms with Crippen LogP contribution in [0.2, 0.25) is 5.02 Å². The molecular formula is C16H22ClNO4. The summed E-state index contributed by atoms with van der Waals surface area (Å²) in [6.07, 6.45) is 3.89. The molecule has 0 bridgehead atoms. The van der Waals surface area contributed by atoms with Gasteiger partial charge in [-0.15, -0.1) is 0 Å². The highest BCUT2D eigenvalue weighted by Crippen LogP contribution is 2.36. The predicted molar refractivity (Wildman–Crippen MR) is 87.7 cm³/mol. The third-order valence-corrected chi connectivity index (χ3v) is 3.31. The van der Waals surface area contributed by atoms with Crippen LogP contribution in [-0.4, -0.2) is 39.9 Å². The summed E-state index contributed by atoms with van der Waals surface area (Å²) in [4.78, 5) is 11.8. The zero-order chi connectivity index (χ0) is 16.5. The summed E-state index contributed by atoms with van der Waals surface area (Å²) in [5.74, 6) is 0.817. The third kappa shape index (κ3) is 5.58. The monoisotopic (exact) mass is 327 g/mol. The Kier molecular flexibility index (Phi) is 7.77. The summed E-state index contributed by atoms with van der Waals surface area (Å²) in [6, 6.07) is 3.51. The van der Waals surface area contributed by atoms with Gasteiger partial charge in [-0.1, -0.05) is 11.6 Å². The number of carbonyl (C=O) groups is 1. The fourth-order valence-corrected chi connectivity index (χ4v) is 2.16. The van der Waals surface area contributed by atoms with Crippen molar-refractivity contribution in [1.29, 1.82) is 0 Å². The maximum atomic E-state index is 11.8. The summed E-state index contributed by atoms with van der Waals surface area (Å²) in [7, 11) is 4.69. The maximum Gasteiger partial charge on any atom is 0.244 e. The van der Waals surface area contributed by atoms with Gasteiger partial charge in [0.15, 0.2) is 11.5 Å². The van der Waals surface area contributed by atoms with Crippen LogP contribution in [0.4, 0.5) is 0 Å². The molecule has 22 heavy (non-hydrogen) atoms. The predicted octanol–water partition coefficient (Wildman–Crippen LogP) is 2.91. The van der Waals surface area contributed by atoms with Gasteiger partial charge in [0.05, 0.1) is 19.2 Å². The first kappa shape index (κ1) is 18.3. The van der Waals surface area contributed by atoms with E-state index in [1.165, 1.54) is 20.3 Å². The molecule has 1 aromatic carbocycles. The van der Waals surface area contributed by atoms with Crippen molar-refractivity contribution in [3.8, 4) is 11.5 Å². The van der Waals surface area contributed by atoms with Crippen LogP contribution in [0.1, 0.15) is 18.9 Å². The van der Waals surface area contributed by atoms with E-state index in [2.05, 4.69) is 5.32 Å². The molecule has 0 fully saturated rings. The number of benzene rings is 1. The van der Waals surface area contributed by atoms with E-state index < -0.39 is 0 Å². The maximum absolute atomic E-state index is 11.8. The number of rotatable bonds is 8. The summed E-state index contributed by atoms with van der Waals surface area (Å²) in [5, 5.41) is 3.28. The van der Waals surface area contributed by atoms with Crippen molar-refractivity contribution in [2.45, 2.75) is 19.4 Å². The van der Waals surface area contributed by atoms with Crippen LogP contribution in [0.15, 0.2) is 18.2 Å². The normalized spacial score (nSPS) is 12.2. The lowest BCUT2D eigenvalue weighted by atomic mass is 10.1. The first-order valence-electron chi connectivity index (χ1n) is 6.90. The van der Waals surface area contributed by atoms with Crippen LogP contribution in [0.25, 0.3) is 6.08 Å². The number of ether oxygens (including phenoxy) is 3. The van der Waals surface area contributed by atoms with Gasteiger partial charge in [0.1, 0.15) is 0 Å². The second-order valence-corrected chi connectivity index (χ2v) is 5.17. The van der Waals surface area contributed by atoms with Gasteiger partial charge in [-0.3, -0.25) is 4.79 Å². The van der Waals surface area contributed by atoms with E-state index in [-0.39, 0.29) is 11.9 Å². The minimum absolute atomic E-state index is 0.0473. The van der Waals surface area contributed by atoms with Crippen molar-refractivity contribution in [2.75, 3.05) is 27.9 Å². The highest BCUT2D eigenvalue weighted by atomic mass is 35.5. The van der Waals surface area contributed by atoms with Gasteiger partial charge in [0.25, 0.3) is 0 Å². The molecule has 1 aromatic rings. The molecule has 1 atom stereocenters. The Hall–Kier alpha value is -1.72. The zero-order valence-corrected chi connectivity index (χ0v) is 14.1. The van der Waals surface area contributed by atoms with Crippen molar-refractivity contribution in [3.05, 3.63) is 28.8 Å². The van der Waals surface area contributed by atoms with Crippen molar-refractivity contribution in [2.24, 2.45) is 0 Å². The lowest BCUT2D eigenvalue weighted by Gasteiger charge is -2.12. The molecule has 1 rings (SSSR count). The topological polar surface area (TPSA) is 56.8 Å². The molecule has 122 valence electrons. The van der Waals surface area contributed by atoms with Crippen molar-refractivity contribution in [3.63, 3.8) is 0 Å². The van der Waals surface area contributed by atoms with Crippen molar-refractivity contribution < 1.29 is 19.0 Å². The smallest absolute Gasteiger partial charge is 0.244 e. The van der Waals surface area contributed by atoms with Crippen molar-refractivity contribution in [1.82, 2.24) is 5.32 Å². The molecule has 0 saturated carbocycles. The van der Waals surface area contributed by atoms with E-state index in [0.717, 1.165) is 12.0 Å². The van der Waals surface area contributed by atoms with Gasteiger partial charge in [0, 0.05) is 25.8 Å². The van der Waals surface area contributed by atoms with E-state index in [9.17, 15) is 4.79 Å². The van der Waals surface area contributed by atoms with E-state index in [4.69, 9.17) is 25.8 Å². The fraction of sp³-hybridized carbons (Fsp3) is 0.438. The lowest BCUT2D eigenvalue weighted by molar-refractivity contribution is -0.117. The Balaban J connectivity index is 2.73. The molecule has 0 saturated heterocycles. The molecule has 0 aliphatic rings. The van der Waals surface area contributed by atoms with Crippen LogP contribution in [0.5, 0.6) is 11.5 Å². The number of halogens is 1. The molecular weight excluding hydrogens is 306 g/mol. The molecule has 0 heterocycles. The molecule has 0 aliphatic carbocycles. The standard InChI is InChI=1S/C16H22ClNO4/c1-11(7-8-20-2)18-15(19)6-5-12-9-13(17)16(22-4)14(10-12)21-3/h5-6,9-11H,7-8H2,1-4H3,(H,18,19). The van der Waals surface area contributed by atoms with Gasteiger partial charge in [-0.05, 0) is 37.1 Å². The minimum Gasteiger partial charge on any atom is -0.493 e. The van der Waals surface area contributed by atoms with Gasteiger partial charge in [0.2, 0.25) is 5.91 Å². The van der Waals surface area contributed by atoms with Gasteiger partial charge < -0.3 is 19.5 Å². The molecule has 0 aliphatic heterocycles. The van der Waals surface area contributed by atoms with Crippen LogP contribution < -0.4 is 14.8 Å². The zero-order valence-electron chi connectivity index (χ0n) is 13.3. The van der Waals surface area contributed by atoms with Crippen molar-refractivity contribution >= 4 is 23.6 Å². The molecule has 0 radical (unpaired) electrons. The van der Waals surface area contributed by atoms with Gasteiger partial charge in [-0.25, -0.2) is 0 Å². The van der Waals surface area contributed by atoms with Crippen LogP contribution in [-0.2, 0) is 9.53 Å². The lowest BCUT2D eigenvalue weighted by Crippen LogP contribution is -2.31. The third-order valence-electron chi connectivity index (χ3n) is 3.03. The van der Waals surface area contributed by atoms with E-state index in [0.29, 0.717) is 23.1 Å². The summed E-state index contributed by atoms with van der Waals surface area (Å²) >= 11 is 6.12. The molecule has 1 amide bonds. The van der Waals surface area contributed by atoms with E-state index >= 15 is 0 Å². The van der Waals surface area contributed by atoms with Crippen LogP contribution in [0, 0.1) is 0 Å². The SMILES string of the molecule is COCCC(C)NC(=O)C=Cc1cc(Cl)c(OC)c(OC)c1. The first-order valence-corrected chi connectivity index (χ1v) is 7.28. The Morgan fingerprint density at radius 3 is 2.64 bits per heavy atom. The molecule has 0 spiro atoms. The minimum atomic E-state index is -0.172. The number of methoxy groups -OCH3 is 3. The van der Waals surface area contributed by atoms with Gasteiger partial charge >= 0.3 is 0 Å². The molecule has 5 nitrogen and oxygen atoms in total. The Morgan fingerprint density at radius 1 is 1.32 bits per heavy atom. The highest BCUT2D eigenvalue weighted by molar-refractivity contribution is 6.32. The number of hydrogen-bond acceptors (Lipinski definition) is 4. The molecule has 1 unspecified atom stereocenters. The average Bonchev–Trinajstić information content (AvgIpc) is 2.50. The molecule has 0 aromatic heterocycles. The Labute approximate surface area is 136 Å². The largest absolute Gasteiger partial charge is 0.493 e. The van der Waals surface area contributed by atoms with E-state index in [1.54, 1.807) is 25.3 Å².